The lowest BCUT2D eigenvalue weighted by atomic mass is 9.96. The number of carbonyl (C=O) groups is 1. The minimum Gasteiger partial charge on any atom is -0.394 e. The second-order valence-corrected chi connectivity index (χ2v) is 31.4. The van der Waals surface area contributed by atoms with Crippen LogP contribution >= 0.6 is 0 Å². The molecule has 17 unspecified atom stereocenters. The lowest BCUT2D eigenvalue weighted by Crippen LogP contribution is -2.66. The fourth-order valence-electron chi connectivity index (χ4n) is 14.9. The number of ether oxygens (including phenoxy) is 6. The maximum Gasteiger partial charge on any atom is 0.220 e. The van der Waals surface area contributed by atoms with Crippen molar-refractivity contribution >= 4 is 5.91 Å². The summed E-state index contributed by atoms with van der Waals surface area (Å²) in [6.07, 6.45) is 59.7. The van der Waals surface area contributed by atoms with E-state index in [2.05, 4.69) is 55.6 Å². The minimum absolute atomic E-state index is 0.247. The first-order chi connectivity index (χ1) is 51.8. The van der Waals surface area contributed by atoms with Gasteiger partial charge in [-0.05, 0) is 57.8 Å². The van der Waals surface area contributed by atoms with Gasteiger partial charge < -0.3 is 89.9 Å². The average molecular weight is 1510 g/mol. The fraction of sp³-hybridized carbons (Fsp3) is 0.897. The smallest absolute Gasteiger partial charge is 0.220 e. The molecule has 0 aromatic carbocycles. The van der Waals surface area contributed by atoms with Crippen molar-refractivity contribution in [2.24, 2.45) is 0 Å². The van der Waals surface area contributed by atoms with Gasteiger partial charge in [-0.15, -0.1) is 0 Å². The quantitative estimate of drug-likeness (QED) is 0.0199. The van der Waals surface area contributed by atoms with E-state index in [9.17, 15) is 61.0 Å². The number of carbonyl (C=O) groups excluding carboxylic acids is 1. The third-order valence-electron chi connectivity index (χ3n) is 21.9. The molecule has 17 atom stereocenters. The van der Waals surface area contributed by atoms with Gasteiger partial charge in [0, 0.05) is 6.42 Å². The molecule has 19 heteroatoms. The standard InChI is InChI=1S/C87H161NO18/c1-3-5-7-9-11-13-15-17-19-21-23-25-27-28-29-30-31-32-33-34-35-36-37-38-39-40-41-42-43-45-47-49-51-53-55-57-59-61-63-65-75(93)88-70(71(92)64-62-60-58-56-54-52-50-48-46-44-26-24-22-20-18-16-14-12-10-8-6-4-2)69-101-85-81(99)78(96)83(73(67-90)103-85)106-87-82(100)79(97)84(74(68-91)104-87)105-86-80(98)77(95)76(94)72(66-89)102-86/h15,17,21,23,27-28,62,64,70-74,76-87,89-92,94-100H,3-14,16,18-20,22,24-26,29-61,63,65-69H2,1-2H3,(H,88,93)/b17-15-,23-21-,28-27-,64-62+. The molecule has 0 saturated carbocycles. The molecular weight excluding hydrogens is 1350 g/mol. The molecule has 3 heterocycles. The van der Waals surface area contributed by atoms with Crippen LogP contribution in [0.1, 0.15) is 367 Å². The summed E-state index contributed by atoms with van der Waals surface area (Å²) in [4.78, 5) is 13.5. The van der Waals surface area contributed by atoms with Gasteiger partial charge in [-0.2, -0.15) is 0 Å². The largest absolute Gasteiger partial charge is 0.394 e. The summed E-state index contributed by atoms with van der Waals surface area (Å²) < 4.78 is 34.5. The Hall–Kier alpha value is -2.25. The summed E-state index contributed by atoms with van der Waals surface area (Å²) in [6.45, 7) is 1.78. The van der Waals surface area contributed by atoms with Crippen molar-refractivity contribution in [3.63, 3.8) is 0 Å². The number of aliphatic hydroxyl groups excluding tert-OH is 11. The van der Waals surface area contributed by atoms with Crippen LogP contribution in [0.25, 0.3) is 0 Å². The molecule has 3 aliphatic rings. The van der Waals surface area contributed by atoms with Crippen molar-refractivity contribution in [3.8, 4) is 0 Å². The molecule has 1 amide bonds. The molecule has 0 spiro atoms. The van der Waals surface area contributed by atoms with Crippen LogP contribution in [0.4, 0.5) is 0 Å². The van der Waals surface area contributed by atoms with E-state index in [-0.39, 0.29) is 18.9 Å². The van der Waals surface area contributed by atoms with Crippen LogP contribution in [0.5, 0.6) is 0 Å². The Bertz CT molecular complexity index is 2100. The second-order valence-electron chi connectivity index (χ2n) is 31.4. The van der Waals surface area contributed by atoms with Gasteiger partial charge in [0.2, 0.25) is 5.91 Å². The molecule has 19 nitrogen and oxygen atoms in total. The topological polar surface area (TPSA) is 307 Å². The number of rotatable bonds is 71. The Kier molecular flexibility index (Phi) is 62.2. The highest BCUT2D eigenvalue weighted by atomic mass is 16.8. The minimum atomic E-state index is -1.98. The molecule has 3 saturated heterocycles. The first-order valence-corrected chi connectivity index (χ1v) is 43.9. The molecule has 0 aromatic rings. The highest BCUT2D eigenvalue weighted by Gasteiger charge is 2.54. The molecule has 3 fully saturated rings. The fourth-order valence-corrected chi connectivity index (χ4v) is 14.9. The van der Waals surface area contributed by atoms with E-state index in [4.69, 9.17) is 28.4 Å². The molecule has 12 N–H and O–H groups in total. The molecule has 0 aromatic heterocycles. The van der Waals surface area contributed by atoms with E-state index < -0.39 is 124 Å². The van der Waals surface area contributed by atoms with Crippen LogP contribution in [0.15, 0.2) is 48.6 Å². The zero-order valence-electron chi connectivity index (χ0n) is 66.9. The van der Waals surface area contributed by atoms with E-state index in [0.29, 0.717) is 6.42 Å². The summed E-state index contributed by atoms with van der Waals surface area (Å²) in [6, 6.07) is -0.973. The van der Waals surface area contributed by atoms with Crippen molar-refractivity contribution in [2.75, 3.05) is 26.4 Å². The Labute approximate surface area is 643 Å². The molecule has 3 rings (SSSR count). The molecule has 3 aliphatic heterocycles. The number of hydrogen-bond donors (Lipinski definition) is 12. The Morgan fingerprint density at radius 1 is 0.340 bits per heavy atom. The molecule has 0 bridgehead atoms. The summed E-state index contributed by atoms with van der Waals surface area (Å²) in [5.74, 6) is -0.268. The molecule has 622 valence electrons. The van der Waals surface area contributed by atoms with Crippen LogP contribution in [-0.4, -0.2) is 193 Å². The second kappa shape index (κ2) is 67.3. The molecule has 0 radical (unpaired) electrons. The average Bonchev–Trinajstić information content (AvgIpc) is 0.780. The summed E-state index contributed by atoms with van der Waals surface area (Å²) in [5, 5.41) is 121. The van der Waals surface area contributed by atoms with Gasteiger partial charge >= 0.3 is 0 Å². The number of nitrogens with one attached hydrogen (secondary N) is 1. The first-order valence-electron chi connectivity index (χ1n) is 43.9. The van der Waals surface area contributed by atoms with Gasteiger partial charge in [0.05, 0.1) is 38.6 Å². The van der Waals surface area contributed by atoms with Gasteiger partial charge in [-0.25, -0.2) is 0 Å². The van der Waals surface area contributed by atoms with Gasteiger partial charge in [-0.1, -0.05) is 351 Å². The number of aliphatic hydroxyl groups is 11. The highest BCUT2D eigenvalue weighted by Crippen LogP contribution is 2.33. The number of amides is 1. The summed E-state index contributed by atoms with van der Waals surface area (Å²) in [5.41, 5.74) is 0. The van der Waals surface area contributed by atoms with Crippen molar-refractivity contribution in [2.45, 2.75) is 471 Å². The van der Waals surface area contributed by atoms with E-state index in [1.165, 1.54) is 283 Å². The van der Waals surface area contributed by atoms with E-state index in [1.54, 1.807) is 6.08 Å². The molecular formula is C87H161NO18. The lowest BCUT2D eigenvalue weighted by Gasteiger charge is -2.48. The van der Waals surface area contributed by atoms with Gasteiger partial charge in [0.1, 0.15) is 73.2 Å². The predicted octanol–water partition coefficient (Wildman–Crippen LogP) is 16.0. The van der Waals surface area contributed by atoms with Gasteiger partial charge in [0.15, 0.2) is 18.9 Å². The van der Waals surface area contributed by atoms with Crippen molar-refractivity contribution in [1.29, 1.82) is 0 Å². The summed E-state index contributed by atoms with van der Waals surface area (Å²) >= 11 is 0. The lowest BCUT2D eigenvalue weighted by molar-refractivity contribution is -0.379. The number of allylic oxidation sites excluding steroid dienone is 7. The maximum atomic E-state index is 13.5. The third-order valence-corrected chi connectivity index (χ3v) is 21.9. The monoisotopic (exact) mass is 1510 g/mol. The first kappa shape index (κ1) is 97.9. The van der Waals surface area contributed by atoms with Crippen molar-refractivity contribution < 1.29 is 89.4 Å². The van der Waals surface area contributed by atoms with Crippen LogP contribution in [0, 0.1) is 0 Å². The third kappa shape index (κ3) is 46.1. The predicted molar refractivity (Wildman–Crippen MR) is 425 cm³/mol. The Morgan fingerprint density at radius 3 is 0.972 bits per heavy atom. The molecule has 106 heavy (non-hydrogen) atoms. The van der Waals surface area contributed by atoms with Gasteiger partial charge in [-0.3, -0.25) is 4.79 Å². The highest BCUT2D eigenvalue weighted by molar-refractivity contribution is 5.76. The molecule has 0 aliphatic carbocycles. The normalized spacial score (nSPS) is 25.8. The van der Waals surface area contributed by atoms with Crippen LogP contribution in [-0.2, 0) is 33.2 Å². The number of unbranched alkanes of at least 4 members (excludes halogenated alkanes) is 49. The van der Waals surface area contributed by atoms with E-state index in [0.717, 1.165) is 57.8 Å². The van der Waals surface area contributed by atoms with Gasteiger partial charge in [0.25, 0.3) is 0 Å². The zero-order chi connectivity index (χ0) is 76.7. The van der Waals surface area contributed by atoms with Crippen LogP contribution < -0.4 is 5.32 Å². The van der Waals surface area contributed by atoms with Crippen LogP contribution in [0.3, 0.4) is 0 Å². The maximum absolute atomic E-state index is 13.5. The Morgan fingerprint density at radius 2 is 0.623 bits per heavy atom. The number of hydrogen-bond acceptors (Lipinski definition) is 18. The van der Waals surface area contributed by atoms with E-state index >= 15 is 0 Å². The van der Waals surface area contributed by atoms with Crippen molar-refractivity contribution in [3.05, 3.63) is 48.6 Å². The SMILES string of the molecule is CCCCCCC/C=C\C/C=C\C/C=C\CCCCCCCCCCCCCCCCCCCCCCCCCCC(=O)NC(COC1OC(CO)C(OC2OC(CO)C(OC3OC(CO)C(O)C(O)C3O)C(O)C2O)C(O)C1O)C(O)/C=C/CCCCCCCCCCCCCCCCCCCCCC. The summed E-state index contributed by atoms with van der Waals surface area (Å²) in [7, 11) is 0. The van der Waals surface area contributed by atoms with E-state index in [1.807, 2.05) is 6.08 Å². The zero-order valence-corrected chi connectivity index (χ0v) is 66.9. The van der Waals surface area contributed by atoms with Crippen LogP contribution in [0.2, 0.25) is 0 Å². The Balaban J connectivity index is 1.31. The van der Waals surface area contributed by atoms with Crippen molar-refractivity contribution in [1.82, 2.24) is 5.32 Å².